The molecule has 1 N–H and O–H groups in total. The number of hydrogen-bond acceptors (Lipinski definition) is 4. The van der Waals surface area contributed by atoms with Crippen LogP contribution >= 0.6 is 11.8 Å². The van der Waals surface area contributed by atoms with Crippen LogP contribution in [-0.2, 0) is 9.59 Å². The molecule has 2 aliphatic carbocycles. The molecule has 1 unspecified atom stereocenters. The van der Waals surface area contributed by atoms with Gasteiger partial charge >= 0.3 is 6.18 Å². The lowest BCUT2D eigenvalue weighted by atomic mass is 9.87. The number of nitrogens with zero attached hydrogens (tertiary/aromatic N) is 2. The lowest BCUT2D eigenvalue weighted by molar-refractivity contribution is -0.162. The third kappa shape index (κ3) is 4.75. The van der Waals surface area contributed by atoms with Crippen LogP contribution in [0.3, 0.4) is 0 Å². The van der Waals surface area contributed by atoms with Gasteiger partial charge in [-0.3, -0.25) is 9.59 Å². The van der Waals surface area contributed by atoms with Crippen molar-refractivity contribution in [1.82, 2.24) is 10.2 Å². The highest BCUT2D eigenvalue weighted by Gasteiger charge is 2.46. The minimum Gasteiger partial charge on any atom is -0.361 e. The van der Waals surface area contributed by atoms with Crippen molar-refractivity contribution >= 4 is 28.7 Å². The summed E-state index contributed by atoms with van der Waals surface area (Å²) in [5.41, 5.74) is 0. The number of nitrogens with one attached hydrogen (secondary N) is 1. The zero-order valence-electron chi connectivity index (χ0n) is 16.6. The molecule has 2 heterocycles. The molecular formula is C20H28F3N3O2S. The monoisotopic (exact) mass is 431 g/mol. The smallest absolute Gasteiger partial charge is 0.361 e. The number of thioether (sulfide) groups is 1. The molecule has 0 radical (unpaired) electrons. The number of rotatable bonds is 4. The number of amidine groups is 1. The molecular weight excluding hydrogens is 403 g/mol. The molecule has 0 aromatic rings. The van der Waals surface area contributed by atoms with Gasteiger partial charge in [-0.15, -0.1) is 0 Å². The molecule has 162 valence electrons. The van der Waals surface area contributed by atoms with Crippen LogP contribution in [0.2, 0.25) is 0 Å². The van der Waals surface area contributed by atoms with E-state index in [2.05, 4.69) is 10.3 Å². The molecule has 2 amide bonds. The second kappa shape index (κ2) is 7.78. The number of halogens is 3. The Labute approximate surface area is 173 Å². The van der Waals surface area contributed by atoms with Crippen molar-refractivity contribution in [3.05, 3.63) is 0 Å². The number of likely N-dealkylation sites (tertiary alicyclic amines) is 1. The van der Waals surface area contributed by atoms with Crippen molar-refractivity contribution in [3.8, 4) is 0 Å². The highest BCUT2D eigenvalue weighted by Crippen LogP contribution is 2.46. The molecule has 3 fully saturated rings. The van der Waals surface area contributed by atoms with Crippen LogP contribution in [-0.4, -0.2) is 51.9 Å². The second-order valence-corrected chi connectivity index (χ2v) is 10.8. The first-order valence-electron chi connectivity index (χ1n) is 10.5. The summed E-state index contributed by atoms with van der Waals surface area (Å²) in [6.07, 6.45) is 1.07. The molecule has 2 aliphatic heterocycles. The number of piperidine rings is 1. The van der Waals surface area contributed by atoms with E-state index in [1.807, 2.05) is 6.92 Å². The van der Waals surface area contributed by atoms with E-state index in [-0.39, 0.29) is 11.8 Å². The van der Waals surface area contributed by atoms with Gasteiger partial charge < -0.3 is 10.2 Å². The van der Waals surface area contributed by atoms with Gasteiger partial charge in [0, 0.05) is 19.1 Å². The highest BCUT2D eigenvalue weighted by atomic mass is 32.2. The summed E-state index contributed by atoms with van der Waals surface area (Å²) in [6.45, 7) is 2.57. The summed E-state index contributed by atoms with van der Waals surface area (Å²) in [6, 6.07) is 0.429. The lowest BCUT2D eigenvalue weighted by Gasteiger charge is -2.35. The summed E-state index contributed by atoms with van der Waals surface area (Å²) < 4.78 is 36.7. The van der Waals surface area contributed by atoms with E-state index in [4.69, 9.17) is 0 Å². The number of amides is 2. The fraction of sp³-hybridized carbons (Fsp3) is 0.850. The molecule has 5 nitrogen and oxygen atoms in total. The van der Waals surface area contributed by atoms with Gasteiger partial charge in [-0.2, -0.15) is 18.2 Å². The Morgan fingerprint density at radius 2 is 1.97 bits per heavy atom. The van der Waals surface area contributed by atoms with Crippen molar-refractivity contribution in [2.75, 3.05) is 13.1 Å². The van der Waals surface area contributed by atoms with Crippen molar-refractivity contribution in [2.24, 2.45) is 22.7 Å². The Kier molecular flexibility index (Phi) is 5.63. The van der Waals surface area contributed by atoms with Gasteiger partial charge in [0.1, 0.15) is 11.2 Å². The molecule has 0 aromatic carbocycles. The zero-order chi connectivity index (χ0) is 20.8. The molecule has 1 saturated heterocycles. The number of fused-ring (bicyclic) bond motifs is 2. The first-order chi connectivity index (χ1) is 13.6. The second-order valence-electron chi connectivity index (χ2n) is 9.30. The number of hydrogen-bond donors (Lipinski definition) is 1. The van der Waals surface area contributed by atoms with E-state index in [0.717, 1.165) is 11.1 Å². The molecule has 2 saturated carbocycles. The predicted molar refractivity (Wildman–Crippen MR) is 105 cm³/mol. The van der Waals surface area contributed by atoms with E-state index < -0.39 is 23.3 Å². The summed E-state index contributed by atoms with van der Waals surface area (Å²) in [4.78, 5) is 29.9. The molecule has 0 aromatic heterocycles. The Bertz CT molecular complexity index is 706. The molecule has 4 aliphatic rings. The molecule has 2 bridgehead atoms. The molecule has 0 spiro atoms. The minimum absolute atomic E-state index is 0.122. The third-order valence-electron chi connectivity index (χ3n) is 7.02. The van der Waals surface area contributed by atoms with Crippen molar-refractivity contribution in [2.45, 2.75) is 75.3 Å². The van der Waals surface area contributed by atoms with Crippen LogP contribution in [0.25, 0.3) is 0 Å². The number of alkyl halides is 3. The largest absolute Gasteiger partial charge is 0.397 e. The van der Waals surface area contributed by atoms with E-state index in [9.17, 15) is 22.8 Å². The van der Waals surface area contributed by atoms with Gasteiger partial charge in [-0.05, 0) is 63.2 Å². The van der Waals surface area contributed by atoms with Crippen LogP contribution in [0.15, 0.2) is 4.99 Å². The summed E-state index contributed by atoms with van der Waals surface area (Å²) >= 11 is 1.50. The third-order valence-corrected chi connectivity index (χ3v) is 8.22. The van der Waals surface area contributed by atoms with Gasteiger partial charge in [0.2, 0.25) is 5.91 Å². The maximum atomic E-state index is 12.6. The Morgan fingerprint density at radius 3 is 2.55 bits per heavy atom. The highest BCUT2D eigenvalue weighted by molar-refractivity contribution is 8.16. The van der Waals surface area contributed by atoms with Gasteiger partial charge in [-0.25, -0.2) is 0 Å². The maximum absolute atomic E-state index is 12.6. The van der Waals surface area contributed by atoms with E-state index in [0.29, 0.717) is 44.3 Å². The predicted octanol–water partition coefficient (Wildman–Crippen LogP) is 3.73. The first-order valence-corrected chi connectivity index (χ1v) is 11.4. The van der Waals surface area contributed by atoms with E-state index in [1.165, 1.54) is 42.3 Å². The maximum Gasteiger partial charge on any atom is 0.397 e. The van der Waals surface area contributed by atoms with Gasteiger partial charge in [0.05, 0.1) is 0 Å². The van der Waals surface area contributed by atoms with Crippen molar-refractivity contribution in [1.29, 1.82) is 0 Å². The quantitative estimate of drug-likeness (QED) is 0.737. The lowest BCUT2D eigenvalue weighted by Crippen LogP contribution is -2.42. The van der Waals surface area contributed by atoms with E-state index >= 15 is 0 Å². The van der Waals surface area contributed by atoms with Crippen LogP contribution < -0.4 is 5.32 Å². The molecule has 29 heavy (non-hydrogen) atoms. The van der Waals surface area contributed by atoms with Crippen LogP contribution in [0, 0.1) is 17.8 Å². The summed E-state index contributed by atoms with van der Waals surface area (Å²) in [5, 5.41) is 4.24. The Balaban J connectivity index is 1.26. The number of carbonyl (C=O) groups is 2. The topological polar surface area (TPSA) is 61.8 Å². The van der Waals surface area contributed by atoms with Crippen molar-refractivity contribution in [3.63, 3.8) is 0 Å². The van der Waals surface area contributed by atoms with Crippen LogP contribution in [0.1, 0.15) is 58.3 Å². The summed E-state index contributed by atoms with van der Waals surface area (Å²) in [7, 11) is 0. The van der Waals surface area contributed by atoms with Crippen LogP contribution in [0.5, 0.6) is 0 Å². The SMILES string of the molecule is CC1(CC2CCN(C(=O)CC(F)(F)F)CC2)SC(N[C@H]2C[C@H]3CC[C@H]2C3)=NC1=O. The molecule has 4 atom stereocenters. The summed E-state index contributed by atoms with van der Waals surface area (Å²) in [5.74, 6) is 0.752. The van der Waals surface area contributed by atoms with Gasteiger partial charge in [0.15, 0.2) is 5.17 Å². The van der Waals surface area contributed by atoms with Gasteiger partial charge in [-0.1, -0.05) is 18.2 Å². The van der Waals surface area contributed by atoms with Crippen LogP contribution in [0.4, 0.5) is 13.2 Å². The number of aliphatic imine (C=N–C) groups is 1. The molecule has 9 heteroatoms. The molecule has 4 rings (SSSR count). The van der Waals surface area contributed by atoms with Crippen molar-refractivity contribution < 1.29 is 22.8 Å². The number of carbonyl (C=O) groups excluding carboxylic acids is 2. The first kappa shape index (κ1) is 21.0. The van der Waals surface area contributed by atoms with E-state index in [1.54, 1.807) is 0 Å². The Hall–Kier alpha value is -1.25. The minimum atomic E-state index is -4.46. The normalized spacial score (nSPS) is 35.3. The fourth-order valence-electron chi connectivity index (χ4n) is 5.48. The van der Waals surface area contributed by atoms with Gasteiger partial charge in [0.25, 0.3) is 5.91 Å². The zero-order valence-corrected chi connectivity index (χ0v) is 17.5. The average molecular weight is 432 g/mol. The Morgan fingerprint density at radius 1 is 1.24 bits per heavy atom. The standard InChI is InChI=1S/C20H28F3N3O2S/c1-19(10-12-4-6-26(7-5-12)16(27)11-20(21,22)23)17(28)25-18(29-19)24-15-9-13-2-3-14(15)8-13/h12-15H,2-11H2,1H3,(H,24,25,28)/t13-,14-,15-,19?/m0/s1. The fourth-order valence-corrected chi connectivity index (χ4v) is 6.70. The average Bonchev–Trinajstić information content (AvgIpc) is 3.30.